The molecule has 0 bridgehead atoms. The second-order valence-corrected chi connectivity index (χ2v) is 6.63. The van der Waals surface area contributed by atoms with Gasteiger partial charge < -0.3 is 16.0 Å². The van der Waals surface area contributed by atoms with Crippen LogP contribution in [0.25, 0.3) is 0 Å². The number of amides is 1. The van der Waals surface area contributed by atoms with E-state index in [2.05, 4.69) is 24.1 Å². The second kappa shape index (κ2) is 7.25. The Bertz CT molecular complexity index is 283. The smallest absolute Gasteiger partial charge is 0.227 e. The van der Waals surface area contributed by atoms with Crippen LogP contribution in [0.1, 0.15) is 46.0 Å². The van der Waals surface area contributed by atoms with E-state index >= 15 is 0 Å². The molecule has 1 aliphatic carbocycles. The second-order valence-electron chi connectivity index (χ2n) is 6.63. The Morgan fingerprint density at radius 2 is 1.84 bits per heavy atom. The van der Waals surface area contributed by atoms with E-state index < -0.39 is 0 Å². The molecule has 0 aliphatic heterocycles. The first-order valence-corrected chi connectivity index (χ1v) is 7.57. The molecule has 0 aromatic heterocycles. The molecule has 0 aromatic carbocycles. The normalized spacial score (nSPS) is 20.6. The van der Waals surface area contributed by atoms with Crippen molar-refractivity contribution < 1.29 is 4.79 Å². The highest BCUT2D eigenvalue weighted by Gasteiger charge is 2.39. The van der Waals surface area contributed by atoms with Crippen molar-refractivity contribution in [3.05, 3.63) is 0 Å². The van der Waals surface area contributed by atoms with Crippen LogP contribution in [0.5, 0.6) is 0 Å². The quantitative estimate of drug-likeness (QED) is 0.770. The van der Waals surface area contributed by atoms with Gasteiger partial charge in [0.15, 0.2) is 0 Å². The van der Waals surface area contributed by atoms with Gasteiger partial charge in [0.1, 0.15) is 0 Å². The number of carbonyl (C=O) groups excluding carboxylic acids is 1. The third-order valence-corrected chi connectivity index (χ3v) is 4.37. The minimum Gasteiger partial charge on any atom is -0.351 e. The maximum atomic E-state index is 12.6. The van der Waals surface area contributed by atoms with Gasteiger partial charge in [-0.15, -0.1) is 0 Å². The van der Waals surface area contributed by atoms with E-state index in [1.165, 1.54) is 6.42 Å². The number of nitrogens with zero attached hydrogens (tertiary/aromatic N) is 1. The van der Waals surface area contributed by atoms with Crippen molar-refractivity contribution >= 4 is 5.91 Å². The fourth-order valence-corrected chi connectivity index (χ4v) is 2.89. The first-order valence-electron chi connectivity index (χ1n) is 7.57. The van der Waals surface area contributed by atoms with Crippen LogP contribution in [0.15, 0.2) is 0 Å². The van der Waals surface area contributed by atoms with Crippen molar-refractivity contribution in [3.8, 4) is 0 Å². The van der Waals surface area contributed by atoms with E-state index in [9.17, 15) is 4.79 Å². The number of hydrogen-bond donors (Lipinski definition) is 2. The molecule has 0 saturated heterocycles. The molecule has 1 saturated carbocycles. The van der Waals surface area contributed by atoms with Crippen LogP contribution in [-0.4, -0.2) is 44.0 Å². The number of likely N-dealkylation sites (N-methyl/N-ethyl adjacent to an activating group) is 1. The summed E-state index contributed by atoms with van der Waals surface area (Å²) in [6, 6.07) is 0.202. The lowest BCUT2D eigenvalue weighted by atomic mass is 9.73. The highest BCUT2D eigenvalue weighted by Crippen LogP contribution is 2.35. The molecule has 0 radical (unpaired) electrons. The van der Waals surface area contributed by atoms with Gasteiger partial charge in [0.05, 0.1) is 5.41 Å². The topological polar surface area (TPSA) is 58.4 Å². The SMILES string of the molecule is CC(C)C(CN(C)C)NC(=O)C1(CN)CCCCC1. The van der Waals surface area contributed by atoms with Gasteiger partial charge in [-0.2, -0.15) is 0 Å². The van der Waals surface area contributed by atoms with Crippen molar-refractivity contribution in [2.45, 2.75) is 52.0 Å². The van der Waals surface area contributed by atoms with Crippen molar-refractivity contribution in [3.63, 3.8) is 0 Å². The van der Waals surface area contributed by atoms with Gasteiger partial charge in [0.25, 0.3) is 0 Å². The number of hydrogen-bond acceptors (Lipinski definition) is 3. The van der Waals surface area contributed by atoms with Crippen molar-refractivity contribution in [1.82, 2.24) is 10.2 Å². The molecule has 1 amide bonds. The lowest BCUT2D eigenvalue weighted by Gasteiger charge is -2.37. The summed E-state index contributed by atoms with van der Waals surface area (Å²) in [5.41, 5.74) is 5.61. The van der Waals surface area contributed by atoms with E-state index in [4.69, 9.17) is 5.73 Å². The Balaban J connectivity index is 2.68. The Hall–Kier alpha value is -0.610. The van der Waals surface area contributed by atoms with Gasteiger partial charge >= 0.3 is 0 Å². The standard InChI is InChI=1S/C15H31N3O/c1-12(2)13(10-18(3)4)17-14(19)15(11-16)8-6-5-7-9-15/h12-13H,5-11,16H2,1-4H3,(H,17,19). The van der Waals surface area contributed by atoms with Gasteiger partial charge in [-0.25, -0.2) is 0 Å². The van der Waals surface area contributed by atoms with E-state index in [0.717, 1.165) is 32.2 Å². The van der Waals surface area contributed by atoms with Gasteiger partial charge in [0.2, 0.25) is 5.91 Å². The van der Waals surface area contributed by atoms with Crippen LogP contribution in [0, 0.1) is 11.3 Å². The van der Waals surface area contributed by atoms with E-state index in [1.807, 2.05) is 14.1 Å². The summed E-state index contributed by atoms with van der Waals surface area (Å²) in [4.78, 5) is 14.8. The predicted molar refractivity (Wildman–Crippen MR) is 79.9 cm³/mol. The first-order chi connectivity index (χ1) is 8.91. The molecule has 19 heavy (non-hydrogen) atoms. The minimum absolute atomic E-state index is 0.176. The lowest BCUT2D eigenvalue weighted by Crippen LogP contribution is -2.53. The molecular weight excluding hydrogens is 238 g/mol. The monoisotopic (exact) mass is 269 g/mol. The highest BCUT2D eigenvalue weighted by molar-refractivity contribution is 5.83. The zero-order valence-electron chi connectivity index (χ0n) is 13.0. The van der Waals surface area contributed by atoms with Crippen LogP contribution < -0.4 is 11.1 Å². The molecule has 1 fully saturated rings. The molecule has 1 unspecified atom stereocenters. The Morgan fingerprint density at radius 1 is 1.26 bits per heavy atom. The van der Waals surface area contributed by atoms with Gasteiger partial charge in [-0.1, -0.05) is 33.1 Å². The number of carbonyl (C=O) groups is 1. The molecule has 1 rings (SSSR count). The highest BCUT2D eigenvalue weighted by atomic mass is 16.2. The number of rotatable bonds is 6. The molecule has 4 heteroatoms. The maximum Gasteiger partial charge on any atom is 0.227 e. The summed E-state index contributed by atoms with van der Waals surface area (Å²) in [7, 11) is 4.09. The van der Waals surface area contributed by atoms with Crippen LogP contribution in [0.2, 0.25) is 0 Å². The zero-order chi connectivity index (χ0) is 14.5. The Morgan fingerprint density at radius 3 is 2.26 bits per heavy atom. The average molecular weight is 269 g/mol. The molecular formula is C15H31N3O. The van der Waals surface area contributed by atoms with Gasteiger partial charge in [-0.05, 0) is 32.9 Å². The van der Waals surface area contributed by atoms with Crippen LogP contribution >= 0.6 is 0 Å². The largest absolute Gasteiger partial charge is 0.351 e. The van der Waals surface area contributed by atoms with Crippen LogP contribution in [-0.2, 0) is 4.79 Å². The third kappa shape index (κ3) is 4.46. The molecule has 112 valence electrons. The Labute approximate surface area is 118 Å². The average Bonchev–Trinajstić information content (AvgIpc) is 2.38. The lowest BCUT2D eigenvalue weighted by molar-refractivity contribution is -0.133. The zero-order valence-corrected chi connectivity index (χ0v) is 13.0. The Kier molecular flexibility index (Phi) is 6.27. The molecule has 0 spiro atoms. The summed E-state index contributed by atoms with van der Waals surface area (Å²) in [5.74, 6) is 0.611. The molecule has 3 N–H and O–H groups in total. The van der Waals surface area contributed by atoms with E-state index in [-0.39, 0.29) is 17.4 Å². The molecule has 1 aliphatic rings. The van der Waals surface area contributed by atoms with Crippen LogP contribution in [0.3, 0.4) is 0 Å². The summed E-state index contributed by atoms with van der Waals surface area (Å²) >= 11 is 0. The molecule has 0 aromatic rings. The van der Waals surface area contributed by atoms with Crippen molar-refractivity contribution in [1.29, 1.82) is 0 Å². The summed E-state index contributed by atoms with van der Waals surface area (Å²) < 4.78 is 0. The fraction of sp³-hybridized carbons (Fsp3) is 0.933. The van der Waals surface area contributed by atoms with Gasteiger partial charge in [-0.3, -0.25) is 4.79 Å². The summed E-state index contributed by atoms with van der Waals surface area (Å²) in [6.45, 7) is 5.67. The first kappa shape index (κ1) is 16.4. The van der Waals surface area contributed by atoms with Crippen molar-refractivity contribution in [2.24, 2.45) is 17.1 Å². The van der Waals surface area contributed by atoms with Crippen molar-refractivity contribution in [2.75, 3.05) is 27.2 Å². The number of nitrogens with one attached hydrogen (secondary N) is 1. The summed E-state index contributed by atoms with van der Waals surface area (Å²) in [5, 5.41) is 3.25. The number of nitrogens with two attached hydrogens (primary N) is 1. The molecule has 4 nitrogen and oxygen atoms in total. The molecule has 1 atom stereocenters. The summed E-state index contributed by atoms with van der Waals surface area (Å²) in [6.07, 6.45) is 5.39. The minimum atomic E-state index is -0.308. The van der Waals surface area contributed by atoms with Crippen LogP contribution in [0.4, 0.5) is 0 Å². The van der Waals surface area contributed by atoms with E-state index in [1.54, 1.807) is 0 Å². The predicted octanol–water partition coefficient (Wildman–Crippen LogP) is 1.60. The maximum absolute atomic E-state index is 12.6. The fourth-order valence-electron chi connectivity index (χ4n) is 2.89. The molecule has 0 heterocycles. The van der Waals surface area contributed by atoms with Gasteiger partial charge in [0, 0.05) is 19.1 Å². The third-order valence-electron chi connectivity index (χ3n) is 4.37. The van der Waals surface area contributed by atoms with E-state index in [0.29, 0.717) is 12.5 Å².